The molecule has 0 unspecified atom stereocenters. The van der Waals surface area contributed by atoms with Crippen LogP contribution >= 0.6 is 0 Å². The van der Waals surface area contributed by atoms with E-state index in [-0.39, 0.29) is 0 Å². The van der Waals surface area contributed by atoms with Gasteiger partial charge in [-0.15, -0.1) is 5.10 Å². The van der Waals surface area contributed by atoms with Crippen LogP contribution < -0.4 is 16.8 Å². The number of anilines is 3. The van der Waals surface area contributed by atoms with E-state index < -0.39 is 18.1 Å². The van der Waals surface area contributed by atoms with Gasteiger partial charge < -0.3 is 16.8 Å². The molecule has 0 aliphatic heterocycles. The number of pyridine rings is 3. The Balaban J connectivity index is 1.66. The number of hydrogen-bond acceptors (Lipinski definition) is 8. The van der Waals surface area contributed by atoms with Gasteiger partial charge in [0.1, 0.15) is 23.1 Å². The van der Waals surface area contributed by atoms with Crippen molar-refractivity contribution in [2.24, 2.45) is 12.8 Å². The van der Waals surface area contributed by atoms with E-state index in [1.807, 2.05) is 6.07 Å². The zero-order valence-corrected chi connectivity index (χ0v) is 17.2. The summed E-state index contributed by atoms with van der Waals surface area (Å²) in [5, 5.41) is 12.2. The minimum atomic E-state index is -4.39. The number of nitrogens with one attached hydrogen (secondary N) is 1. The summed E-state index contributed by atoms with van der Waals surface area (Å²) >= 11 is 0. The minimum absolute atomic E-state index is 0.295. The van der Waals surface area contributed by atoms with Gasteiger partial charge in [-0.25, -0.2) is 19.6 Å². The number of alkyl halides is 3. The standard InChI is InChI=1S/C20H20F3N9/c1-19(25,10-20(21,22)23)12-3-4-26-17(7-12)30-16-6-11-5-14(15-9-28-31-32(15)2)29-18(24)13(11)8-27-16/h3-9H,10,25H2,1-2H3,(H2,24,29)(H,26,27,30)/t19-/m1/s1. The van der Waals surface area contributed by atoms with Crippen molar-refractivity contribution in [3.8, 4) is 11.4 Å². The van der Waals surface area contributed by atoms with Crippen molar-refractivity contribution in [2.75, 3.05) is 11.1 Å². The van der Waals surface area contributed by atoms with Gasteiger partial charge in [0.25, 0.3) is 0 Å². The number of rotatable bonds is 5. The molecule has 0 radical (unpaired) electrons. The molecule has 0 amide bonds. The van der Waals surface area contributed by atoms with Crippen molar-refractivity contribution in [2.45, 2.75) is 25.1 Å². The van der Waals surface area contributed by atoms with E-state index in [4.69, 9.17) is 11.5 Å². The molecule has 166 valence electrons. The highest BCUT2D eigenvalue weighted by Gasteiger charge is 2.38. The second kappa shape index (κ2) is 7.71. The summed E-state index contributed by atoms with van der Waals surface area (Å²) in [5.41, 5.74) is 12.0. The highest BCUT2D eigenvalue weighted by molar-refractivity contribution is 5.94. The summed E-state index contributed by atoms with van der Waals surface area (Å²) in [5.74, 6) is 1.03. The Morgan fingerprint density at radius 2 is 1.84 bits per heavy atom. The molecular formula is C20H20F3N9. The zero-order valence-electron chi connectivity index (χ0n) is 17.2. The average Bonchev–Trinajstić information content (AvgIpc) is 3.12. The first-order chi connectivity index (χ1) is 15.0. The van der Waals surface area contributed by atoms with Crippen LogP contribution in [0.3, 0.4) is 0 Å². The molecule has 0 aliphatic rings. The lowest BCUT2D eigenvalue weighted by molar-refractivity contribution is -0.146. The highest BCUT2D eigenvalue weighted by Crippen LogP contribution is 2.33. The second-order valence-corrected chi connectivity index (χ2v) is 7.69. The first kappa shape index (κ1) is 21.4. The molecule has 0 spiro atoms. The van der Waals surface area contributed by atoms with E-state index >= 15 is 0 Å². The van der Waals surface area contributed by atoms with Crippen LogP contribution in [-0.2, 0) is 12.6 Å². The maximum Gasteiger partial charge on any atom is 0.391 e. The van der Waals surface area contributed by atoms with Crippen molar-refractivity contribution < 1.29 is 13.2 Å². The maximum absolute atomic E-state index is 12.9. The van der Waals surface area contributed by atoms with Crippen LogP contribution in [-0.4, -0.2) is 36.1 Å². The zero-order chi connectivity index (χ0) is 23.1. The Morgan fingerprint density at radius 1 is 1.09 bits per heavy atom. The summed E-state index contributed by atoms with van der Waals surface area (Å²) in [6, 6.07) is 6.50. The summed E-state index contributed by atoms with van der Waals surface area (Å²) < 4.78 is 40.2. The van der Waals surface area contributed by atoms with Gasteiger partial charge in [0.2, 0.25) is 0 Å². The van der Waals surface area contributed by atoms with E-state index in [1.54, 1.807) is 30.2 Å². The van der Waals surface area contributed by atoms with Crippen molar-refractivity contribution in [1.82, 2.24) is 29.9 Å². The molecule has 4 heterocycles. The van der Waals surface area contributed by atoms with Crippen molar-refractivity contribution in [3.05, 3.63) is 48.4 Å². The van der Waals surface area contributed by atoms with Crippen LogP contribution in [0.25, 0.3) is 22.2 Å². The number of fused-ring (bicyclic) bond motifs is 1. The predicted octanol–water partition coefficient (Wildman–Crippen LogP) is 3.27. The molecule has 1 atom stereocenters. The van der Waals surface area contributed by atoms with Gasteiger partial charge in [-0.2, -0.15) is 13.2 Å². The van der Waals surface area contributed by atoms with Crippen molar-refractivity contribution in [1.29, 1.82) is 0 Å². The van der Waals surface area contributed by atoms with Gasteiger partial charge in [-0.05, 0) is 42.1 Å². The Bertz CT molecular complexity index is 1280. The van der Waals surface area contributed by atoms with Crippen LogP contribution in [0.5, 0.6) is 0 Å². The van der Waals surface area contributed by atoms with Crippen molar-refractivity contribution in [3.63, 3.8) is 0 Å². The van der Waals surface area contributed by atoms with Crippen LogP contribution in [0.1, 0.15) is 18.9 Å². The maximum atomic E-state index is 12.9. The third-order valence-corrected chi connectivity index (χ3v) is 4.97. The SMILES string of the molecule is Cn1nncc1-c1cc2cc(Nc3cc([C@](C)(N)CC(F)(F)F)ccn3)ncc2c(N)n1. The van der Waals surface area contributed by atoms with Crippen LogP contribution in [0.4, 0.5) is 30.6 Å². The van der Waals surface area contributed by atoms with Gasteiger partial charge in [0, 0.05) is 30.4 Å². The van der Waals surface area contributed by atoms with Crippen molar-refractivity contribution >= 4 is 28.2 Å². The van der Waals surface area contributed by atoms with Gasteiger partial charge in [-0.3, -0.25) is 0 Å². The molecule has 5 N–H and O–H groups in total. The van der Waals surface area contributed by atoms with E-state index in [9.17, 15) is 13.2 Å². The molecule has 0 bridgehead atoms. The smallest absolute Gasteiger partial charge is 0.383 e. The molecule has 0 aliphatic carbocycles. The Hall–Kier alpha value is -3.80. The van der Waals surface area contributed by atoms with Gasteiger partial charge in [0.05, 0.1) is 18.3 Å². The van der Waals surface area contributed by atoms with E-state index in [1.165, 1.54) is 25.3 Å². The largest absolute Gasteiger partial charge is 0.391 e. The normalized spacial score (nSPS) is 13.8. The molecule has 0 fully saturated rings. The summed E-state index contributed by atoms with van der Waals surface area (Å²) in [6.45, 7) is 1.33. The molecule has 4 rings (SSSR count). The quantitative estimate of drug-likeness (QED) is 0.428. The number of aryl methyl sites for hydroxylation is 1. The number of hydrogen-bond donors (Lipinski definition) is 3. The molecule has 12 heteroatoms. The fourth-order valence-electron chi connectivity index (χ4n) is 3.40. The molecule has 0 saturated carbocycles. The summed E-state index contributed by atoms with van der Waals surface area (Å²) in [6.07, 6.45) is -1.01. The van der Waals surface area contributed by atoms with E-state index in [2.05, 4.69) is 30.6 Å². The lowest BCUT2D eigenvalue weighted by atomic mass is 9.90. The number of aromatic nitrogens is 6. The summed E-state index contributed by atoms with van der Waals surface area (Å²) in [4.78, 5) is 12.9. The molecule has 0 aromatic carbocycles. The lowest BCUT2D eigenvalue weighted by Crippen LogP contribution is -2.38. The van der Waals surface area contributed by atoms with Crippen LogP contribution in [0.15, 0.2) is 42.9 Å². The molecule has 0 saturated heterocycles. The van der Waals surface area contributed by atoms with Gasteiger partial charge in [0.15, 0.2) is 0 Å². The predicted molar refractivity (Wildman–Crippen MR) is 114 cm³/mol. The van der Waals surface area contributed by atoms with Gasteiger partial charge in [-0.1, -0.05) is 5.21 Å². The van der Waals surface area contributed by atoms with Crippen LogP contribution in [0.2, 0.25) is 0 Å². The minimum Gasteiger partial charge on any atom is -0.383 e. The van der Waals surface area contributed by atoms with E-state index in [0.29, 0.717) is 39.8 Å². The fourth-order valence-corrected chi connectivity index (χ4v) is 3.40. The molecular weight excluding hydrogens is 423 g/mol. The molecule has 32 heavy (non-hydrogen) atoms. The Labute approximate surface area is 180 Å². The molecule has 9 nitrogen and oxygen atoms in total. The topological polar surface area (TPSA) is 133 Å². The number of nitrogens with zero attached hydrogens (tertiary/aromatic N) is 6. The van der Waals surface area contributed by atoms with Gasteiger partial charge >= 0.3 is 6.18 Å². The number of nitrogens with two attached hydrogens (primary N) is 2. The lowest BCUT2D eigenvalue weighted by Gasteiger charge is -2.26. The van der Waals surface area contributed by atoms with E-state index in [0.717, 1.165) is 5.39 Å². The second-order valence-electron chi connectivity index (χ2n) is 7.69. The highest BCUT2D eigenvalue weighted by atomic mass is 19.4. The Kier molecular flexibility index (Phi) is 5.17. The monoisotopic (exact) mass is 443 g/mol. The van der Waals surface area contributed by atoms with Crippen LogP contribution in [0, 0.1) is 0 Å². The molecule has 4 aromatic rings. The fraction of sp³-hybridized carbons (Fsp3) is 0.250. The average molecular weight is 443 g/mol. The first-order valence-electron chi connectivity index (χ1n) is 9.52. The first-order valence-corrected chi connectivity index (χ1v) is 9.52. The third-order valence-electron chi connectivity index (χ3n) is 4.97. The molecule has 4 aromatic heterocycles. The number of nitrogen functional groups attached to an aromatic ring is 1. The summed E-state index contributed by atoms with van der Waals surface area (Å²) in [7, 11) is 1.74. The number of halogens is 3. The Morgan fingerprint density at radius 3 is 2.53 bits per heavy atom. The third kappa shape index (κ3) is 4.44.